The number of rotatable bonds is 5. The molecule has 0 N–H and O–H groups in total. The number of hydrogen-bond acceptors (Lipinski definition) is 7. The van der Waals surface area contributed by atoms with Gasteiger partial charge in [-0.1, -0.05) is 0 Å². The van der Waals surface area contributed by atoms with Crippen LogP contribution in [0.25, 0.3) is 16.6 Å². The van der Waals surface area contributed by atoms with Gasteiger partial charge in [-0.05, 0) is 6.07 Å². The van der Waals surface area contributed by atoms with E-state index in [0.717, 1.165) is 5.69 Å². The lowest BCUT2D eigenvalue weighted by atomic mass is 10.2. The maximum Gasteiger partial charge on any atom is 0.261 e. The van der Waals surface area contributed by atoms with Crippen LogP contribution >= 0.6 is 0 Å². The molecule has 0 aliphatic heterocycles. The molecule has 138 valence electrons. The van der Waals surface area contributed by atoms with E-state index in [0.29, 0.717) is 33.8 Å². The van der Waals surface area contributed by atoms with Crippen molar-refractivity contribution in [3.8, 4) is 17.2 Å². The molecule has 0 saturated heterocycles. The lowest BCUT2D eigenvalue weighted by molar-refractivity contribution is 0.326. The molecule has 3 heterocycles. The zero-order chi connectivity index (χ0) is 19.0. The number of ether oxygens (including phenoxy) is 3. The predicted molar refractivity (Wildman–Crippen MR) is 97.7 cm³/mol. The van der Waals surface area contributed by atoms with E-state index in [4.69, 9.17) is 14.2 Å². The maximum atomic E-state index is 13.0. The Morgan fingerprint density at radius 3 is 2.63 bits per heavy atom. The predicted octanol–water partition coefficient (Wildman–Crippen LogP) is 1.51. The average molecular weight is 367 g/mol. The van der Waals surface area contributed by atoms with E-state index in [9.17, 15) is 4.79 Å². The molecule has 4 rings (SSSR count). The lowest BCUT2D eigenvalue weighted by Crippen LogP contribution is -2.21. The molecule has 9 nitrogen and oxygen atoms in total. The zero-order valence-corrected chi connectivity index (χ0v) is 15.0. The molecule has 0 aliphatic carbocycles. The van der Waals surface area contributed by atoms with Crippen molar-refractivity contribution in [2.75, 3.05) is 21.3 Å². The summed E-state index contributed by atoms with van der Waals surface area (Å²) in [6.45, 7) is 0.278. The summed E-state index contributed by atoms with van der Waals surface area (Å²) in [5.41, 5.74) is 1.62. The van der Waals surface area contributed by atoms with Crippen molar-refractivity contribution in [1.82, 2.24) is 23.9 Å². The normalized spacial score (nSPS) is 11.1. The van der Waals surface area contributed by atoms with Crippen molar-refractivity contribution in [2.45, 2.75) is 6.54 Å². The highest BCUT2D eigenvalue weighted by Crippen LogP contribution is 2.41. The summed E-state index contributed by atoms with van der Waals surface area (Å²) in [6.07, 6.45) is 8.46. The topological polar surface area (TPSA) is 92.8 Å². The van der Waals surface area contributed by atoms with Gasteiger partial charge in [0.05, 0.1) is 51.5 Å². The van der Waals surface area contributed by atoms with Crippen LogP contribution in [0.1, 0.15) is 5.69 Å². The van der Waals surface area contributed by atoms with Crippen LogP contribution in [0.2, 0.25) is 0 Å². The molecule has 0 amide bonds. The van der Waals surface area contributed by atoms with Gasteiger partial charge in [-0.2, -0.15) is 0 Å². The maximum absolute atomic E-state index is 13.0. The van der Waals surface area contributed by atoms with Crippen molar-refractivity contribution >= 4 is 16.6 Å². The van der Waals surface area contributed by atoms with Gasteiger partial charge in [0.15, 0.2) is 17.1 Å². The molecular weight excluding hydrogens is 350 g/mol. The molecule has 0 bridgehead atoms. The number of hydrogen-bond donors (Lipinski definition) is 0. The molecule has 0 radical (unpaired) electrons. The number of imidazole rings is 1. The Bertz CT molecular complexity index is 1160. The van der Waals surface area contributed by atoms with Gasteiger partial charge in [-0.3, -0.25) is 14.3 Å². The third-order valence-corrected chi connectivity index (χ3v) is 4.27. The summed E-state index contributed by atoms with van der Waals surface area (Å²) in [5, 5.41) is 0.373. The molecule has 3 aromatic heterocycles. The number of fused-ring (bicyclic) bond motifs is 2. The monoisotopic (exact) mass is 367 g/mol. The van der Waals surface area contributed by atoms with Crippen molar-refractivity contribution in [1.29, 1.82) is 0 Å². The highest BCUT2D eigenvalue weighted by molar-refractivity contribution is 5.89. The summed E-state index contributed by atoms with van der Waals surface area (Å²) in [5.74, 6) is 1.15. The second kappa shape index (κ2) is 6.60. The van der Waals surface area contributed by atoms with Crippen LogP contribution in [0.15, 0.2) is 42.0 Å². The summed E-state index contributed by atoms with van der Waals surface area (Å²) < 4.78 is 19.4. The van der Waals surface area contributed by atoms with Crippen LogP contribution in [0.3, 0.4) is 0 Å². The van der Waals surface area contributed by atoms with E-state index in [1.54, 1.807) is 24.7 Å². The largest absolute Gasteiger partial charge is 0.493 e. The van der Waals surface area contributed by atoms with Crippen molar-refractivity contribution in [2.24, 2.45) is 0 Å². The van der Waals surface area contributed by atoms with Crippen LogP contribution in [0, 0.1) is 0 Å². The molecule has 1 aromatic carbocycles. The van der Waals surface area contributed by atoms with E-state index in [1.165, 1.54) is 32.2 Å². The molecule has 9 heteroatoms. The van der Waals surface area contributed by atoms with Gasteiger partial charge >= 0.3 is 0 Å². The van der Waals surface area contributed by atoms with Crippen LogP contribution in [-0.2, 0) is 6.54 Å². The first-order chi connectivity index (χ1) is 13.2. The molecule has 0 unspecified atom stereocenters. The van der Waals surface area contributed by atoms with Gasteiger partial charge in [-0.15, -0.1) is 0 Å². The molecular formula is C18H17N5O4. The highest BCUT2D eigenvalue weighted by Gasteiger charge is 2.19. The standard InChI is InChI=1S/C18H17N5O4/c1-25-13-6-12-15(17(27-3)16(13)26-2)20-10-23(18(12)24)9-11-8-22-5-4-19-7-14(22)21-11/h4-8,10H,9H2,1-3H3. The van der Waals surface area contributed by atoms with Crippen LogP contribution in [0.4, 0.5) is 0 Å². The molecule has 0 aliphatic rings. The first-order valence-corrected chi connectivity index (χ1v) is 8.12. The second-order valence-corrected chi connectivity index (χ2v) is 5.79. The zero-order valence-electron chi connectivity index (χ0n) is 15.0. The second-order valence-electron chi connectivity index (χ2n) is 5.79. The number of benzene rings is 1. The Hall–Kier alpha value is -3.62. The van der Waals surface area contributed by atoms with Crippen LogP contribution in [0.5, 0.6) is 17.2 Å². The Balaban J connectivity index is 1.85. The van der Waals surface area contributed by atoms with Crippen molar-refractivity contribution in [3.05, 3.63) is 53.2 Å². The van der Waals surface area contributed by atoms with Crippen molar-refractivity contribution in [3.63, 3.8) is 0 Å². The first kappa shape index (κ1) is 16.8. The van der Waals surface area contributed by atoms with E-state index < -0.39 is 0 Å². The summed E-state index contributed by atoms with van der Waals surface area (Å²) in [4.78, 5) is 25.9. The summed E-state index contributed by atoms with van der Waals surface area (Å²) in [7, 11) is 4.50. The minimum absolute atomic E-state index is 0.227. The Morgan fingerprint density at radius 1 is 1.11 bits per heavy atom. The van der Waals surface area contributed by atoms with Gasteiger partial charge in [-0.25, -0.2) is 9.97 Å². The molecule has 27 heavy (non-hydrogen) atoms. The third kappa shape index (κ3) is 2.73. The van der Waals surface area contributed by atoms with E-state index in [-0.39, 0.29) is 12.1 Å². The highest BCUT2D eigenvalue weighted by atomic mass is 16.5. The van der Waals surface area contributed by atoms with Gasteiger partial charge in [0.2, 0.25) is 5.75 Å². The van der Waals surface area contributed by atoms with E-state index in [2.05, 4.69) is 15.0 Å². The average Bonchev–Trinajstić information content (AvgIpc) is 3.11. The molecule has 4 aromatic rings. The fourth-order valence-corrected chi connectivity index (χ4v) is 3.03. The van der Waals surface area contributed by atoms with E-state index >= 15 is 0 Å². The van der Waals surface area contributed by atoms with Gasteiger partial charge in [0, 0.05) is 18.6 Å². The molecule has 0 saturated carbocycles. The van der Waals surface area contributed by atoms with Crippen molar-refractivity contribution < 1.29 is 14.2 Å². The van der Waals surface area contributed by atoms with Gasteiger partial charge < -0.3 is 18.6 Å². The number of aromatic nitrogens is 5. The molecule has 0 spiro atoms. The molecule has 0 fully saturated rings. The summed E-state index contributed by atoms with van der Waals surface area (Å²) >= 11 is 0. The van der Waals surface area contributed by atoms with Crippen LogP contribution < -0.4 is 19.8 Å². The molecule has 0 atom stereocenters. The fourth-order valence-electron chi connectivity index (χ4n) is 3.03. The Kier molecular flexibility index (Phi) is 4.11. The smallest absolute Gasteiger partial charge is 0.261 e. The quantitative estimate of drug-likeness (QED) is 0.528. The van der Waals surface area contributed by atoms with Gasteiger partial charge in [0.25, 0.3) is 5.56 Å². The summed E-state index contributed by atoms with van der Waals surface area (Å²) in [6, 6.07) is 1.61. The van der Waals surface area contributed by atoms with E-state index in [1.807, 2.05) is 10.6 Å². The van der Waals surface area contributed by atoms with Crippen LogP contribution in [-0.4, -0.2) is 45.2 Å². The minimum Gasteiger partial charge on any atom is -0.493 e. The Morgan fingerprint density at radius 2 is 1.93 bits per heavy atom. The lowest BCUT2D eigenvalue weighted by Gasteiger charge is -2.14. The Labute approximate surface area is 153 Å². The first-order valence-electron chi connectivity index (χ1n) is 8.12. The SMILES string of the molecule is COc1cc2c(=O)n(Cc3cn4ccncc4n3)cnc2c(OC)c1OC. The minimum atomic E-state index is -0.227. The fraction of sp³-hybridized carbons (Fsp3) is 0.222. The number of nitrogens with zero attached hydrogens (tertiary/aromatic N) is 5. The number of methoxy groups -OCH3 is 3. The third-order valence-electron chi connectivity index (χ3n) is 4.27. The van der Waals surface area contributed by atoms with Gasteiger partial charge in [0.1, 0.15) is 5.52 Å².